The number of rotatable bonds is 7. The molecular formula is C25H32F3N3O5. The van der Waals surface area contributed by atoms with Crippen LogP contribution in [0.5, 0.6) is 5.75 Å². The number of carbonyl (C=O) groups excluding carboxylic acids is 3. The molecule has 0 radical (unpaired) electrons. The second-order valence-corrected chi connectivity index (χ2v) is 10.0. The SMILES string of the molecule is C[C@H]1C(=O)N(CCCC(=O)N2CCC3(CC3)[C@H](O)C2)CCN1C(=O)Cc1cccc(OC(F)(F)F)c1. The Morgan fingerprint density at radius 2 is 1.89 bits per heavy atom. The van der Waals surface area contributed by atoms with Gasteiger partial charge in [-0.25, -0.2) is 0 Å². The van der Waals surface area contributed by atoms with E-state index in [0.717, 1.165) is 31.4 Å². The average molecular weight is 512 g/mol. The molecule has 1 aromatic carbocycles. The van der Waals surface area contributed by atoms with Gasteiger partial charge in [0.2, 0.25) is 17.7 Å². The molecule has 2 aliphatic heterocycles. The Morgan fingerprint density at radius 3 is 2.56 bits per heavy atom. The molecule has 8 nitrogen and oxygen atoms in total. The Hall–Kier alpha value is -2.82. The predicted molar refractivity (Wildman–Crippen MR) is 123 cm³/mol. The molecule has 1 spiro atoms. The number of ether oxygens (including phenoxy) is 1. The van der Waals surface area contributed by atoms with E-state index >= 15 is 0 Å². The summed E-state index contributed by atoms with van der Waals surface area (Å²) in [5.41, 5.74) is 0.397. The largest absolute Gasteiger partial charge is 0.573 e. The monoisotopic (exact) mass is 511 g/mol. The van der Waals surface area contributed by atoms with Crippen molar-refractivity contribution in [3.63, 3.8) is 0 Å². The fourth-order valence-electron chi connectivity index (χ4n) is 5.19. The van der Waals surface area contributed by atoms with E-state index < -0.39 is 24.3 Å². The van der Waals surface area contributed by atoms with Crippen molar-refractivity contribution in [2.24, 2.45) is 5.41 Å². The third kappa shape index (κ3) is 6.11. The van der Waals surface area contributed by atoms with Gasteiger partial charge in [0.1, 0.15) is 11.8 Å². The number of benzene rings is 1. The number of halogens is 3. The number of amides is 3. The van der Waals surface area contributed by atoms with E-state index in [1.165, 1.54) is 17.0 Å². The van der Waals surface area contributed by atoms with Gasteiger partial charge in [-0.2, -0.15) is 0 Å². The van der Waals surface area contributed by atoms with Crippen LogP contribution in [0, 0.1) is 5.41 Å². The van der Waals surface area contributed by atoms with Crippen LogP contribution in [0.25, 0.3) is 0 Å². The first-order chi connectivity index (χ1) is 17.0. The van der Waals surface area contributed by atoms with Gasteiger partial charge in [-0.15, -0.1) is 13.2 Å². The Balaban J connectivity index is 1.23. The minimum Gasteiger partial charge on any atom is -0.406 e. The van der Waals surface area contributed by atoms with Gasteiger partial charge < -0.3 is 24.5 Å². The molecule has 2 heterocycles. The van der Waals surface area contributed by atoms with Crippen molar-refractivity contribution in [2.75, 3.05) is 32.7 Å². The zero-order chi connectivity index (χ0) is 26.1. The maximum atomic E-state index is 12.9. The summed E-state index contributed by atoms with van der Waals surface area (Å²) in [6.07, 6.45) is -1.74. The third-order valence-electron chi connectivity index (χ3n) is 7.60. The number of hydrogen-bond donors (Lipinski definition) is 1. The number of carbonyl (C=O) groups is 3. The van der Waals surface area contributed by atoms with Gasteiger partial charge in [-0.3, -0.25) is 14.4 Å². The molecule has 4 rings (SSSR count). The number of piperazine rings is 1. The highest BCUT2D eigenvalue weighted by molar-refractivity contribution is 5.89. The Kier molecular flexibility index (Phi) is 7.49. The minimum atomic E-state index is -4.82. The lowest BCUT2D eigenvalue weighted by atomic mass is 9.90. The lowest BCUT2D eigenvalue weighted by Gasteiger charge is -2.39. The molecule has 0 unspecified atom stereocenters. The minimum absolute atomic E-state index is 0.0180. The van der Waals surface area contributed by atoms with Crippen molar-refractivity contribution in [1.29, 1.82) is 0 Å². The molecule has 3 aliphatic rings. The third-order valence-corrected chi connectivity index (χ3v) is 7.60. The van der Waals surface area contributed by atoms with Crippen LogP contribution in [0.2, 0.25) is 0 Å². The summed E-state index contributed by atoms with van der Waals surface area (Å²) in [6, 6.07) is 4.53. The topological polar surface area (TPSA) is 90.4 Å². The molecule has 0 bridgehead atoms. The maximum absolute atomic E-state index is 12.9. The summed E-state index contributed by atoms with van der Waals surface area (Å²) in [7, 11) is 0. The molecule has 3 amide bonds. The van der Waals surface area contributed by atoms with Gasteiger partial charge in [-0.05, 0) is 55.7 Å². The number of aliphatic hydroxyl groups excluding tert-OH is 1. The van der Waals surface area contributed by atoms with Crippen molar-refractivity contribution >= 4 is 17.7 Å². The first-order valence-electron chi connectivity index (χ1n) is 12.4. The summed E-state index contributed by atoms with van der Waals surface area (Å²) in [5, 5.41) is 10.3. The number of aliphatic hydroxyl groups is 1. The smallest absolute Gasteiger partial charge is 0.406 e. The van der Waals surface area contributed by atoms with Crippen LogP contribution in [0.15, 0.2) is 24.3 Å². The second kappa shape index (κ2) is 10.3. The average Bonchev–Trinajstić information content (AvgIpc) is 3.58. The van der Waals surface area contributed by atoms with Crippen LogP contribution in [-0.4, -0.2) is 88.8 Å². The van der Waals surface area contributed by atoms with Crippen LogP contribution in [-0.2, 0) is 20.8 Å². The normalized spacial score (nSPS) is 23.7. The molecule has 0 aromatic heterocycles. The van der Waals surface area contributed by atoms with Gasteiger partial charge in [-0.1, -0.05) is 12.1 Å². The van der Waals surface area contributed by atoms with Gasteiger partial charge in [0.15, 0.2) is 0 Å². The number of β-amino-alcohol motifs (C(OH)–C–C–N with tert-alkyl or cyclic N) is 1. The summed E-state index contributed by atoms with van der Waals surface area (Å²) in [5.74, 6) is -0.995. The van der Waals surface area contributed by atoms with Crippen molar-refractivity contribution in [2.45, 2.75) is 64.0 Å². The molecule has 2 saturated heterocycles. The van der Waals surface area contributed by atoms with E-state index in [0.29, 0.717) is 44.7 Å². The van der Waals surface area contributed by atoms with Crippen molar-refractivity contribution in [3.8, 4) is 5.75 Å². The van der Waals surface area contributed by atoms with Gasteiger partial charge in [0.05, 0.1) is 12.5 Å². The molecule has 11 heteroatoms. The fourth-order valence-corrected chi connectivity index (χ4v) is 5.19. The van der Waals surface area contributed by atoms with Crippen molar-refractivity contribution < 1.29 is 37.4 Å². The Bertz CT molecular complexity index is 997. The maximum Gasteiger partial charge on any atom is 0.573 e. The molecule has 1 aliphatic carbocycles. The summed E-state index contributed by atoms with van der Waals surface area (Å²) in [4.78, 5) is 43.0. The van der Waals surface area contributed by atoms with Crippen LogP contribution in [0.3, 0.4) is 0 Å². The van der Waals surface area contributed by atoms with E-state index in [-0.39, 0.29) is 36.0 Å². The number of nitrogens with zero attached hydrogens (tertiary/aromatic N) is 3. The van der Waals surface area contributed by atoms with E-state index in [2.05, 4.69) is 4.74 Å². The number of likely N-dealkylation sites (tertiary alicyclic amines) is 1. The molecule has 2 atom stereocenters. The molecule has 36 heavy (non-hydrogen) atoms. The van der Waals surface area contributed by atoms with Gasteiger partial charge >= 0.3 is 6.36 Å². The highest BCUT2D eigenvalue weighted by Gasteiger charge is 2.51. The van der Waals surface area contributed by atoms with E-state index in [1.807, 2.05) is 0 Å². The van der Waals surface area contributed by atoms with Crippen molar-refractivity contribution in [3.05, 3.63) is 29.8 Å². The first-order valence-corrected chi connectivity index (χ1v) is 12.4. The number of hydrogen-bond acceptors (Lipinski definition) is 5. The van der Waals surface area contributed by atoms with Crippen LogP contribution >= 0.6 is 0 Å². The van der Waals surface area contributed by atoms with Crippen LogP contribution < -0.4 is 4.74 Å². The first kappa shape index (κ1) is 26.2. The Morgan fingerprint density at radius 1 is 1.14 bits per heavy atom. The van der Waals surface area contributed by atoms with Crippen LogP contribution in [0.1, 0.15) is 44.6 Å². The van der Waals surface area contributed by atoms with Gasteiger partial charge in [0, 0.05) is 39.1 Å². The predicted octanol–water partition coefficient (Wildman–Crippen LogP) is 2.34. The molecule has 1 aromatic rings. The lowest BCUT2D eigenvalue weighted by molar-refractivity contribution is -0.274. The molecule has 198 valence electrons. The van der Waals surface area contributed by atoms with Crippen LogP contribution in [0.4, 0.5) is 13.2 Å². The Labute approximate surface area is 208 Å². The summed E-state index contributed by atoms with van der Waals surface area (Å²) in [6.45, 7) is 3.69. The fraction of sp³-hybridized carbons (Fsp3) is 0.640. The zero-order valence-electron chi connectivity index (χ0n) is 20.3. The summed E-state index contributed by atoms with van der Waals surface area (Å²) < 4.78 is 41.3. The highest BCUT2D eigenvalue weighted by atomic mass is 19.4. The van der Waals surface area contributed by atoms with E-state index in [4.69, 9.17) is 0 Å². The quantitative estimate of drug-likeness (QED) is 0.607. The molecule has 1 N–H and O–H groups in total. The summed E-state index contributed by atoms with van der Waals surface area (Å²) >= 11 is 0. The number of alkyl halides is 3. The van der Waals surface area contributed by atoms with Crippen molar-refractivity contribution in [1.82, 2.24) is 14.7 Å². The second-order valence-electron chi connectivity index (χ2n) is 10.0. The van der Waals surface area contributed by atoms with E-state index in [9.17, 15) is 32.7 Å². The van der Waals surface area contributed by atoms with E-state index in [1.54, 1.807) is 16.7 Å². The number of piperidine rings is 1. The standard InChI is InChI=1S/C25H32F3N3O5/c1-17-23(35)29(10-3-6-21(33)30-11-9-24(7-8-24)20(32)16-30)12-13-31(17)22(34)15-18-4-2-5-19(14-18)36-25(26,27)28/h2,4-5,14,17,20,32H,3,6-13,15-16H2,1H3/t17-,20+/m0/s1. The van der Waals surface area contributed by atoms with Gasteiger partial charge in [0.25, 0.3) is 0 Å². The zero-order valence-corrected chi connectivity index (χ0v) is 20.3. The molecule has 3 fully saturated rings. The molecule has 1 saturated carbocycles. The highest BCUT2D eigenvalue weighted by Crippen LogP contribution is 2.53. The lowest BCUT2D eigenvalue weighted by Crippen LogP contribution is -2.58. The molecular weight excluding hydrogens is 479 g/mol.